The summed E-state index contributed by atoms with van der Waals surface area (Å²) in [5, 5.41) is 1.81. The molecule has 2 heterocycles. The van der Waals surface area contributed by atoms with E-state index in [1.807, 2.05) is 24.5 Å². The molecule has 3 aromatic rings. The van der Waals surface area contributed by atoms with Crippen molar-refractivity contribution in [3.8, 4) is 22.6 Å². The Balaban J connectivity index is 2.33. The van der Waals surface area contributed by atoms with Crippen molar-refractivity contribution in [2.45, 2.75) is 5.03 Å². The van der Waals surface area contributed by atoms with Crippen LogP contribution < -0.4 is 5.73 Å². The second-order valence-corrected chi connectivity index (χ2v) is 6.12. The van der Waals surface area contributed by atoms with E-state index in [9.17, 15) is 0 Å². The number of nitrogens with two attached hydrogens (primary N) is 1. The number of rotatable bonds is 3. The van der Waals surface area contributed by atoms with Crippen molar-refractivity contribution in [2.75, 3.05) is 12.0 Å². The quantitative estimate of drug-likeness (QED) is 0.530. The van der Waals surface area contributed by atoms with Gasteiger partial charge in [-0.15, -0.1) is 11.8 Å². The number of nitrogens with zero attached hydrogens (tertiary/aromatic N) is 2. The van der Waals surface area contributed by atoms with Crippen molar-refractivity contribution in [3.05, 3.63) is 46.6 Å². The maximum absolute atomic E-state index is 6.12. The van der Waals surface area contributed by atoms with Gasteiger partial charge in [-0.25, -0.2) is 9.97 Å². The predicted molar refractivity (Wildman–Crippen MR) is 91.4 cm³/mol. The van der Waals surface area contributed by atoms with Gasteiger partial charge in [0.2, 0.25) is 5.95 Å². The van der Waals surface area contributed by atoms with E-state index >= 15 is 0 Å². The zero-order valence-electron chi connectivity index (χ0n) is 11.5. The molecule has 2 N–H and O–H groups in total. The number of halogens is 2. The molecule has 112 valence electrons. The molecule has 0 aliphatic heterocycles. The second-order valence-electron chi connectivity index (χ2n) is 4.45. The van der Waals surface area contributed by atoms with Crippen LogP contribution in [0.4, 0.5) is 5.95 Å². The smallest absolute Gasteiger partial charge is 0.221 e. The summed E-state index contributed by atoms with van der Waals surface area (Å²) in [6, 6.07) is 8.92. The normalized spacial score (nSPS) is 10.9. The lowest BCUT2D eigenvalue weighted by Crippen LogP contribution is -2.01. The Labute approximate surface area is 141 Å². The van der Waals surface area contributed by atoms with Crippen LogP contribution >= 0.6 is 35.0 Å². The molecule has 0 aliphatic carbocycles. The van der Waals surface area contributed by atoms with Gasteiger partial charge < -0.3 is 10.2 Å². The van der Waals surface area contributed by atoms with Gasteiger partial charge in [0.25, 0.3) is 0 Å². The molecule has 3 rings (SSSR count). The SMILES string of the molecule is CSc1nc(N)nc(-c2ccco2)c1-c1cc(Cl)cc(Cl)c1. The van der Waals surface area contributed by atoms with Crippen molar-refractivity contribution < 1.29 is 4.42 Å². The minimum Gasteiger partial charge on any atom is -0.463 e. The van der Waals surface area contributed by atoms with Gasteiger partial charge in [0, 0.05) is 15.6 Å². The summed E-state index contributed by atoms with van der Waals surface area (Å²) in [6.45, 7) is 0. The van der Waals surface area contributed by atoms with Crippen LogP contribution in [0.1, 0.15) is 0 Å². The summed E-state index contributed by atoms with van der Waals surface area (Å²) >= 11 is 13.7. The lowest BCUT2D eigenvalue weighted by atomic mass is 10.0. The molecule has 0 unspecified atom stereocenters. The van der Waals surface area contributed by atoms with Gasteiger partial charge in [0.05, 0.1) is 6.26 Å². The Bertz CT molecular complexity index is 802. The topological polar surface area (TPSA) is 64.9 Å². The van der Waals surface area contributed by atoms with Crippen LogP contribution in [0.2, 0.25) is 10.0 Å². The summed E-state index contributed by atoms with van der Waals surface area (Å²) in [5.41, 5.74) is 8.04. The van der Waals surface area contributed by atoms with E-state index in [1.165, 1.54) is 11.8 Å². The van der Waals surface area contributed by atoms with E-state index in [0.29, 0.717) is 21.5 Å². The number of benzene rings is 1. The maximum atomic E-state index is 6.12. The lowest BCUT2D eigenvalue weighted by molar-refractivity contribution is 0.580. The van der Waals surface area contributed by atoms with Crippen LogP contribution in [0.15, 0.2) is 46.0 Å². The first-order chi connectivity index (χ1) is 10.6. The fourth-order valence-corrected chi connectivity index (χ4v) is 3.28. The van der Waals surface area contributed by atoms with Crippen molar-refractivity contribution in [3.63, 3.8) is 0 Å². The third-order valence-corrected chi connectivity index (χ3v) is 4.11. The first kappa shape index (κ1) is 15.2. The van der Waals surface area contributed by atoms with Gasteiger partial charge in [0.1, 0.15) is 10.7 Å². The Kier molecular flexibility index (Phi) is 4.29. The highest BCUT2D eigenvalue weighted by Gasteiger charge is 2.19. The largest absolute Gasteiger partial charge is 0.463 e. The summed E-state index contributed by atoms with van der Waals surface area (Å²) in [5.74, 6) is 0.795. The van der Waals surface area contributed by atoms with Crippen molar-refractivity contribution in [2.24, 2.45) is 0 Å². The average Bonchev–Trinajstić information content (AvgIpc) is 2.99. The first-order valence-electron chi connectivity index (χ1n) is 6.30. The van der Waals surface area contributed by atoms with Crippen LogP contribution in [0.3, 0.4) is 0 Å². The van der Waals surface area contributed by atoms with Crippen LogP contribution in [0.25, 0.3) is 22.6 Å². The lowest BCUT2D eigenvalue weighted by Gasteiger charge is -2.12. The molecule has 0 spiro atoms. The van der Waals surface area contributed by atoms with E-state index in [1.54, 1.807) is 18.4 Å². The van der Waals surface area contributed by atoms with E-state index < -0.39 is 0 Å². The predicted octanol–water partition coefficient (Wildman–Crippen LogP) is 5.01. The molecule has 1 aromatic carbocycles. The van der Waals surface area contributed by atoms with E-state index in [4.69, 9.17) is 33.4 Å². The van der Waals surface area contributed by atoms with Gasteiger partial charge in [-0.05, 0) is 42.2 Å². The number of nitrogen functional groups attached to an aromatic ring is 1. The Morgan fingerprint density at radius 3 is 2.45 bits per heavy atom. The highest BCUT2D eigenvalue weighted by Crippen LogP contribution is 2.39. The fraction of sp³-hybridized carbons (Fsp3) is 0.0667. The van der Waals surface area contributed by atoms with E-state index in [2.05, 4.69) is 9.97 Å². The van der Waals surface area contributed by atoms with Crippen molar-refractivity contribution >= 4 is 40.9 Å². The third-order valence-electron chi connectivity index (χ3n) is 2.99. The van der Waals surface area contributed by atoms with Gasteiger partial charge in [0.15, 0.2) is 5.76 Å². The molecule has 0 atom stereocenters. The zero-order chi connectivity index (χ0) is 15.7. The summed E-state index contributed by atoms with van der Waals surface area (Å²) < 4.78 is 5.48. The third kappa shape index (κ3) is 2.92. The molecular formula is C15H11Cl2N3OS. The van der Waals surface area contributed by atoms with Gasteiger partial charge in [-0.1, -0.05) is 23.2 Å². The Morgan fingerprint density at radius 1 is 1.14 bits per heavy atom. The number of hydrogen-bond donors (Lipinski definition) is 1. The Morgan fingerprint density at radius 2 is 1.86 bits per heavy atom. The Hall–Kier alpha value is -1.69. The summed E-state index contributed by atoms with van der Waals surface area (Å²) in [6.07, 6.45) is 3.50. The minimum atomic E-state index is 0.188. The molecule has 0 aliphatic rings. The summed E-state index contributed by atoms with van der Waals surface area (Å²) in [7, 11) is 0. The van der Waals surface area contributed by atoms with Crippen molar-refractivity contribution in [1.29, 1.82) is 0 Å². The monoisotopic (exact) mass is 351 g/mol. The van der Waals surface area contributed by atoms with Crippen LogP contribution in [0, 0.1) is 0 Å². The van der Waals surface area contributed by atoms with Gasteiger partial charge in [-0.3, -0.25) is 0 Å². The van der Waals surface area contributed by atoms with Gasteiger partial charge >= 0.3 is 0 Å². The molecule has 22 heavy (non-hydrogen) atoms. The highest BCUT2D eigenvalue weighted by atomic mass is 35.5. The molecule has 0 amide bonds. The summed E-state index contributed by atoms with van der Waals surface area (Å²) in [4.78, 5) is 8.63. The molecule has 0 bridgehead atoms. The standard InChI is InChI=1S/C15H11Cl2N3OS/c1-22-14-12(8-5-9(16)7-10(17)6-8)13(19-15(18)20-14)11-3-2-4-21-11/h2-7H,1H3,(H2,18,19,20). The first-order valence-corrected chi connectivity index (χ1v) is 8.28. The number of hydrogen-bond acceptors (Lipinski definition) is 5. The number of thioether (sulfide) groups is 1. The average molecular weight is 352 g/mol. The van der Waals surface area contributed by atoms with E-state index in [-0.39, 0.29) is 5.95 Å². The van der Waals surface area contributed by atoms with Crippen LogP contribution in [0.5, 0.6) is 0 Å². The zero-order valence-corrected chi connectivity index (χ0v) is 13.8. The maximum Gasteiger partial charge on any atom is 0.221 e. The van der Waals surface area contributed by atoms with E-state index in [0.717, 1.165) is 16.2 Å². The van der Waals surface area contributed by atoms with Gasteiger partial charge in [-0.2, -0.15) is 0 Å². The number of anilines is 1. The molecule has 4 nitrogen and oxygen atoms in total. The molecule has 0 saturated carbocycles. The molecule has 7 heteroatoms. The molecule has 2 aromatic heterocycles. The fourth-order valence-electron chi connectivity index (χ4n) is 2.15. The minimum absolute atomic E-state index is 0.188. The molecule has 0 saturated heterocycles. The molecule has 0 fully saturated rings. The number of aromatic nitrogens is 2. The number of furan rings is 1. The van der Waals surface area contributed by atoms with Crippen LogP contribution in [-0.4, -0.2) is 16.2 Å². The molecular weight excluding hydrogens is 341 g/mol. The van der Waals surface area contributed by atoms with Crippen molar-refractivity contribution in [1.82, 2.24) is 9.97 Å². The molecule has 0 radical (unpaired) electrons. The second kappa shape index (κ2) is 6.20. The highest BCUT2D eigenvalue weighted by molar-refractivity contribution is 7.98. The van der Waals surface area contributed by atoms with Crippen LogP contribution in [-0.2, 0) is 0 Å².